The fourth-order valence-electron chi connectivity index (χ4n) is 3.52. The Bertz CT molecular complexity index is 1280. The zero-order chi connectivity index (χ0) is 24.6. The van der Waals surface area contributed by atoms with E-state index in [2.05, 4.69) is 15.1 Å². The summed E-state index contributed by atoms with van der Waals surface area (Å²) in [6.45, 7) is 10.7. The van der Waals surface area contributed by atoms with Gasteiger partial charge in [-0.15, -0.1) is 0 Å². The summed E-state index contributed by atoms with van der Waals surface area (Å²) in [5, 5.41) is 7.30. The van der Waals surface area contributed by atoms with Crippen LogP contribution in [0.3, 0.4) is 0 Å². The van der Waals surface area contributed by atoms with Crippen LogP contribution in [0.1, 0.15) is 60.9 Å². The van der Waals surface area contributed by atoms with Gasteiger partial charge in [0.1, 0.15) is 5.82 Å². The van der Waals surface area contributed by atoms with Crippen LogP contribution in [0.4, 0.5) is 4.39 Å². The summed E-state index contributed by atoms with van der Waals surface area (Å²) in [5.41, 5.74) is 2.59. The predicted molar refractivity (Wildman–Crippen MR) is 125 cm³/mol. The predicted octanol–water partition coefficient (Wildman–Crippen LogP) is 4.20. The van der Waals surface area contributed by atoms with Crippen LogP contribution < -0.4 is 10.0 Å². The van der Waals surface area contributed by atoms with Gasteiger partial charge in [0.15, 0.2) is 0 Å². The number of carbonyl (C=O) groups excluding carboxylic acids is 1. The number of hydrogen-bond donors (Lipinski definition) is 2. The molecular formula is C24H29FN4O3S. The summed E-state index contributed by atoms with van der Waals surface area (Å²) in [4.78, 5) is 13.1. The highest BCUT2D eigenvalue weighted by Gasteiger charge is 2.24. The average Bonchev–Trinajstić information content (AvgIpc) is 3.08. The van der Waals surface area contributed by atoms with E-state index < -0.39 is 15.6 Å². The molecule has 3 rings (SSSR count). The second kappa shape index (κ2) is 9.07. The lowest BCUT2D eigenvalue weighted by Crippen LogP contribution is -2.40. The molecule has 1 aromatic heterocycles. The van der Waals surface area contributed by atoms with Gasteiger partial charge >= 0.3 is 0 Å². The number of benzene rings is 2. The number of nitrogens with zero attached hydrogens (tertiary/aromatic N) is 2. The first-order valence-electron chi connectivity index (χ1n) is 10.5. The third-order valence-electron chi connectivity index (χ3n) is 5.14. The number of nitrogens with one attached hydrogen (secondary N) is 2. The van der Waals surface area contributed by atoms with Gasteiger partial charge in [0.25, 0.3) is 5.91 Å². The standard InChI is InChI=1S/C24H29FN4O3S/c1-15-7-12-20(33(31,32)28-24(4,5)6)13-21(15)23(30)27-16(2)22-14-26-29(17(22)3)19-10-8-18(25)9-11-19/h7-14,16,28H,1-6H3,(H,27,30). The molecule has 0 spiro atoms. The Kier molecular flexibility index (Phi) is 6.76. The van der Waals surface area contributed by atoms with E-state index in [0.717, 1.165) is 11.3 Å². The van der Waals surface area contributed by atoms with Gasteiger partial charge in [-0.1, -0.05) is 6.07 Å². The van der Waals surface area contributed by atoms with E-state index in [-0.39, 0.29) is 28.2 Å². The van der Waals surface area contributed by atoms with E-state index in [1.807, 2.05) is 13.8 Å². The van der Waals surface area contributed by atoms with Crippen molar-refractivity contribution in [3.63, 3.8) is 0 Å². The first kappa shape index (κ1) is 24.6. The van der Waals surface area contributed by atoms with Crippen LogP contribution in [0.15, 0.2) is 53.6 Å². The number of aryl methyl sites for hydroxylation is 1. The largest absolute Gasteiger partial charge is 0.345 e. The molecule has 0 aliphatic rings. The molecule has 1 unspecified atom stereocenters. The minimum Gasteiger partial charge on any atom is -0.345 e. The first-order chi connectivity index (χ1) is 15.3. The molecule has 1 heterocycles. The molecule has 0 saturated carbocycles. The molecule has 0 aliphatic heterocycles. The highest BCUT2D eigenvalue weighted by molar-refractivity contribution is 7.89. The Morgan fingerprint density at radius 2 is 1.73 bits per heavy atom. The van der Waals surface area contributed by atoms with Crippen LogP contribution in [0.2, 0.25) is 0 Å². The molecule has 9 heteroatoms. The Morgan fingerprint density at radius 1 is 1.09 bits per heavy atom. The van der Waals surface area contributed by atoms with Crippen LogP contribution in [-0.2, 0) is 10.0 Å². The molecule has 0 aliphatic carbocycles. The third-order valence-corrected chi connectivity index (χ3v) is 6.89. The molecule has 2 aromatic carbocycles. The fraction of sp³-hybridized carbons (Fsp3) is 0.333. The van der Waals surface area contributed by atoms with Crippen LogP contribution in [0, 0.1) is 19.7 Å². The van der Waals surface area contributed by atoms with E-state index >= 15 is 0 Å². The van der Waals surface area contributed by atoms with E-state index in [4.69, 9.17) is 0 Å². The summed E-state index contributed by atoms with van der Waals surface area (Å²) in [6.07, 6.45) is 1.66. The van der Waals surface area contributed by atoms with Crippen molar-refractivity contribution in [2.24, 2.45) is 0 Å². The highest BCUT2D eigenvalue weighted by atomic mass is 32.2. The number of amides is 1. The van der Waals surface area contributed by atoms with Gasteiger partial charge in [-0.05, 0) is 83.5 Å². The minimum atomic E-state index is -3.78. The average molecular weight is 473 g/mol. The Balaban J connectivity index is 1.84. The van der Waals surface area contributed by atoms with Crippen LogP contribution in [0.5, 0.6) is 0 Å². The van der Waals surface area contributed by atoms with Gasteiger partial charge in [0.05, 0.1) is 22.8 Å². The van der Waals surface area contributed by atoms with Crippen LogP contribution >= 0.6 is 0 Å². The maximum Gasteiger partial charge on any atom is 0.252 e. The van der Waals surface area contributed by atoms with Crippen LogP contribution in [-0.4, -0.2) is 29.6 Å². The van der Waals surface area contributed by atoms with Gasteiger partial charge in [-0.2, -0.15) is 5.10 Å². The molecule has 2 N–H and O–H groups in total. The second-order valence-electron chi connectivity index (χ2n) is 9.10. The maximum absolute atomic E-state index is 13.2. The number of rotatable bonds is 6. The number of sulfonamides is 1. The summed E-state index contributed by atoms with van der Waals surface area (Å²) >= 11 is 0. The number of aromatic nitrogens is 2. The van der Waals surface area contributed by atoms with Crippen molar-refractivity contribution >= 4 is 15.9 Å². The normalized spacial score (nSPS) is 13.1. The quantitative estimate of drug-likeness (QED) is 0.562. The molecule has 0 radical (unpaired) electrons. The lowest BCUT2D eigenvalue weighted by atomic mass is 10.1. The lowest BCUT2D eigenvalue weighted by molar-refractivity contribution is 0.0939. The Hall–Kier alpha value is -3.04. The molecule has 7 nitrogen and oxygen atoms in total. The molecule has 176 valence electrons. The summed E-state index contributed by atoms with van der Waals surface area (Å²) in [5.74, 6) is -0.719. The van der Waals surface area contributed by atoms with Gasteiger partial charge in [-0.3, -0.25) is 4.79 Å². The SMILES string of the molecule is Cc1ccc(S(=O)(=O)NC(C)(C)C)cc1C(=O)NC(C)c1cnn(-c2ccc(F)cc2)c1C. The maximum atomic E-state index is 13.2. The summed E-state index contributed by atoms with van der Waals surface area (Å²) in [7, 11) is -3.78. The van der Waals surface area contributed by atoms with E-state index in [1.54, 1.807) is 56.8 Å². The molecule has 0 fully saturated rings. The molecular weight excluding hydrogens is 443 g/mol. The molecule has 3 aromatic rings. The number of halogens is 1. The van der Waals surface area contributed by atoms with Crippen molar-refractivity contribution in [3.05, 3.63) is 76.9 Å². The second-order valence-corrected chi connectivity index (χ2v) is 10.8. The minimum absolute atomic E-state index is 0.0288. The van der Waals surface area contributed by atoms with Crippen molar-refractivity contribution < 1.29 is 17.6 Å². The number of carbonyl (C=O) groups is 1. The topological polar surface area (TPSA) is 93.1 Å². The smallest absolute Gasteiger partial charge is 0.252 e. The fourth-order valence-corrected chi connectivity index (χ4v) is 4.96. The molecule has 1 atom stereocenters. The molecule has 33 heavy (non-hydrogen) atoms. The zero-order valence-electron chi connectivity index (χ0n) is 19.6. The van der Waals surface area contributed by atoms with Gasteiger partial charge < -0.3 is 5.32 Å². The van der Waals surface area contributed by atoms with E-state index in [1.165, 1.54) is 24.3 Å². The summed E-state index contributed by atoms with van der Waals surface area (Å²) < 4.78 is 42.9. The molecule has 1 amide bonds. The molecule has 0 bridgehead atoms. The molecule has 0 saturated heterocycles. The lowest BCUT2D eigenvalue weighted by Gasteiger charge is -2.21. The van der Waals surface area contributed by atoms with Crippen molar-refractivity contribution in [1.29, 1.82) is 0 Å². The van der Waals surface area contributed by atoms with Gasteiger partial charge in [0.2, 0.25) is 10.0 Å². The first-order valence-corrected chi connectivity index (χ1v) is 12.0. The zero-order valence-corrected chi connectivity index (χ0v) is 20.4. The Labute approximate surface area is 194 Å². The van der Waals surface area contributed by atoms with E-state index in [9.17, 15) is 17.6 Å². The van der Waals surface area contributed by atoms with E-state index in [0.29, 0.717) is 11.3 Å². The van der Waals surface area contributed by atoms with Crippen LogP contribution in [0.25, 0.3) is 5.69 Å². The van der Waals surface area contributed by atoms with Gasteiger partial charge in [0, 0.05) is 22.4 Å². The summed E-state index contributed by atoms with van der Waals surface area (Å²) in [6, 6.07) is 10.1. The van der Waals surface area contributed by atoms with Crippen molar-refractivity contribution in [3.8, 4) is 5.69 Å². The monoisotopic (exact) mass is 472 g/mol. The highest BCUT2D eigenvalue weighted by Crippen LogP contribution is 2.22. The van der Waals surface area contributed by atoms with Gasteiger partial charge in [-0.25, -0.2) is 22.2 Å². The van der Waals surface area contributed by atoms with Crippen molar-refractivity contribution in [2.45, 2.75) is 58.0 Å². The number of hydrogen-bond acceptors (Lipinski definition) is 4. The van der Waals surface area contributed by atoms with Crippen molar-refractivity contribution in [2.75, 3.05) is 0 Å². The third kappa shape index (κ3) is 5.66. The van der Waals surface area contributed by atoms with Crippen molar-refractivity contribution in [1.82, 2.24) is 19.8 Å². The Morgan fingerprint density at radius 3 is 2.33 bits per heavy atom.